The van der Waals surface area contributed by atoms with Gasteiger partial charge in [0.25, 0.3) is 0 Å². The van der Waals surface area contributed by atoms with Gasteiger partial charge in [-0.3, -0.25) is 0 Å². The molecule has 0 aromatic heterocycles. The zero-order valence-corrected chi connectivity index (χ0v) is 3.89. The van der Waals surface area contributed by atoms with Crippen molar-refractivity contribution in [3.8, 4) is 0 Å². The molecule has 5 heavy (non-hydrogen) atoms. The minimum atomic E-state index is 0. The standard InChI is InChI=1S/H3N.3H2O.V/h1H3;3*1H2;/p-3. The molecule has 0 aliphatic rings. The predicted octanol–water partition coefficient (Wildman–Crippen LogP) is -0.371. The van der Waals surface area contributed by atoms with Gasteiger partial charge in [0.1, 0.15) is 0 Å². The van der Waals surface area contributed by atoms with Gasteiger partial charge in [0, 0.05) is 18.6 Å². The molecule has 6 N–H and O–H groups in total. The summed E-state index contributed by atoms with van der Waals surface area (Å²) in [6.45, 7) is 0. The molecule has 0 saturated carbocycles. The monoisotopic (exact) mass is 119 g/mol. The second kappa shape index (κ2) is 288. The third kappa shape index (κ3) is 144. The Morgan fingerprint density at radius 3 is 0.600 bits per heavy atom. The Hall–Kier alpha value is 0.424. The molecule has 0 aromatic carbocycles. The van der Waals surface area contributed by atoms with E-state index in [1.807, 2.05) is 0 Å². The smallest absolute Gasteiger partial charge is 0 e. The summed E-state index contributed by atoms with van der Waals surface area (Å²) in [5, 5.41) is 0. The molecule has 0 unspecified atom stereocenters. The molecule has 0 saturated heterocycles. The Kier molecular flexibility index (Phi) is 34000. The van der Waals surface area contributed by atoms with Crippen molar-refractivity contribution in [2.24, 2.45) is 0 Å². The van der Waals surface area contributed by atoms with Crippen LogP contribution < -0.4 is 6.15 Å². The summed E-state index contributed by atoms with van der Waals surface area (Å²) in [6.07, 6.45) is 0. The molecule has 0 atom stereocenters. The van der Waals surface area contributed by atoms with E-state index in [2.05, 4.69) is 0 Å². The normalized spacial score (nSPS) is 0. The summed E-state index contributed by atoms with van der Waals surface area (Å²) in [5.74, 6) is 0. The van der Waals surface area contributed by atoms with Crippen LogP contribution in [0.3, 0.4) is 0 Å². The van der Waals surface area contributed by atoms with Crippen molar-refractivity contribution in [3.05, 3.63) is 0 Å². The molecule has 0 bridgehead atoms. The van der Waals surface area contributed by atoms with Gasteiger partial charge in [0.05, 0.1) is 0 Å². The van der Waals surface area contributed by atoms with Crippen LogP contribution in [0.25, 0.3) is 0 Å². The van der Waals surface area contributed by atoms with Crippen LogP contribution in [0.1, 0.15) is 0 Å². The minimum absolute atomic E-state index is 0. The molecule has 1 radical (unpaired) electrons. The Balaban J connectivity index is 0. The molecule has 0 heterocycles. The first-order valence-corrected chi connectivity index (χ1v) is 0. The summed E-state index contributed by atoms with van der Waals surface area (Å²) >= 11 is 0. The molecule has 4 nitrogen and oxygen atoms in total. The molecule has 0 aliphatic carbocycles. The van der Waals surface area contributed by atoms with Gasteiger partial charge in [-0.05, 0) is 0 Å². The average molecular weight is 119 g/mol. The van der Waals surface area contributed by atoms with Gasteiger partial charge < -0.3 is 22.6 Å². The molecular weight excluding hydrogens is 113 g/mol. The first-order chi connectivity index (χ1) is 0. The SMILES string of the molecule is N.[OH-].[OH-].[OH-].[V]. The average Bonchev–Trinajstić information content (AvgIpc) is 0. The van der Waals surface area contributed by atoms with Crippen LogP contribution in [0.5, 0.6) is 0 Å². The van der Waals surface area contributed by atoms with E-state index in [4.69, 9.17) is 0 Å². The van der Waals surface area contributed by atoms with Gasteiger partial charge >= 0.3 is 0 Å². The summed E-state index contributed by atoms with van der Waals surface area (Å²) in [6, 6.07) is 0. The van der Waals surface area contributed by atoms with Crippen LogP contribution in [-0.2, 0) is 18.6 Å². The van der Waals surface area contributed by atoms with Crippen molar-refractivity contribution in [1.29, 1.82) is 0 Å². The summed E-state index contributed by atoms with van der Waals surface area (Å²) in [5.41, 5.74) is 0. The molecule has 0 spiro atoms. The molecule has 0 aromatic rings. The van der Waals surface area contributed by atoms with Crippen LogP contribution in [0.15, 0.2) is 0 Å². The molecule has 0 amide bonds. The van der Waals surface area contributed by atoms with Gasteiger partial charge in [-0.2, -0.15) is 0 Å². The van der Waals surface area contributed by atoms with E-state index < -0.39 is 0 Å². The van der Waals surface area contributed by atoms with Crippen LogP contribution in [0.4, 0.5) is 0 Å². The first-order valence-electron chi connectivity index (χ1n) is 0. The first kappa shape index (κ1) is 589. The van der Waals surface area contributed by atoms with Crippen molar-refractivity contribution >= 4 is 0 Å². The van der Waals surface area contributed by atoms with Crippen LogP contribution in [0, 0.1) is 0 Å². The van der Waals surface area contributed by atoms with Gasteiger partial charge in [-0.15, -0.1) is 0 Å². The largest absolute Gasteiger partial charge is 0.870 e. The summed E-state index contributed by atoms with van der Waals surface area (Å²) < 4.78 is 0. The Morgan fingerprint density at radius 2 is 0.600 bits per heavy atom. The maximum Gasteiger partial charge on any atom is 0 e. The molecule has 37 valence electrons. The summed E-state index contributed by atoms with van der Waals surface area (Å²) in [4.78, 5) is 0. The Bertz CT molecular complexity index is 6.85. The third-order valence-electron chi connectivity index (χ3n) is 0. The van der Waals surface area contributed by atoms with Crippen molar-refractivity contribution < 1.29 is 35.0 Å². The molecule has 5 heteroatoms. The maximum atomic E-state index is 0. The van der Waals surface area contributed by atoms with E-state index in [0.717, 1.165) is 0 Å². The second-order valence-corrected chi connectivity index (χ2v) is 0. The van der Waals surface area contributed by atoms with E-state index in [1.165, 1.54) is 0 Å². The number of hydrogen-bond acceptors (Lipinski definition) is 4. The third-order valence-corrected chi connectivity index (χ3v) is 0. The van der Waals surface area contributed by atoms with E-state index in [1.54, 1.807) is 0 Å². The van der Waals surface area contributed by atoms with E-state index >= 15 is 0 Å². The Morgan fingerprint density at radius 1 is 0.600 bits per heavy atom. The van der Waals surface area contributed by atoms with Gasteiger partial charge in [-0.1, -0.05) is 0 Å². The maximum absolute atomic E-state index is 0. The van der Waals surface area contributed by atoms with Crippen LogP contribution in [0.2, 0.25) is 0 Å². The van der Waals surface area contributed by atoms with Crippen molar-refractivity contribution in [3.63, 3.8) is 0 Å². The van der Waals surface area contributed by atoms with E-state index in [-0.39, 0.29) is 41.1 Å². The number of hydrogen-bond donors (Lipinski definition) is 1. The van der Waals surface area contributed by atoms with Crippen LogP contribution >= 0.6 is 0 Å². The van der Waals surface area contributed by atoms with Gasteiger partial charge in [0.15, 0.2) is 0 Å². The summed E-state index contributed by atoms with van der Waals surface area (Å²) in [7, 11) is 0. The van der Waals surface area contributed by atoms with E-state index in [9.17, 15) is 0 Å². The minimum Gasteiger partial charge on any atom is -0.870 e. The Labute approximate surface area is 42.0 Å². The zero-order chi connectivity index (χ0) is 0. The second-order valence-electron chi connectivity index (χ2n) is 0. The van der Waals surface area contributed by atoms with Gasteiger partial charge in [-0.25, -0.2) is 0 Å². The molecule has 0 fully saturated rings. The van der Waals surface area contributed by atoms with Crippen LogP contribution in [-0.4, -0.2) is 16.4 Å². The van der Waals surface area contributed by atoms with Crippen molar-refractivity contribution in [2.45, 2.75) is 0 Å². The molecule has 0 aliphatic heterocycles. The molecule has 0 rings (SSSR count). The van der Waals surface area contributed by atoms with Crippen molar-refractivity contribution in [2.75, 3.05) is 0 Å². The zero-order valence-electron chi connectivity index (χ0n) is 2.50. The fourth-order valence-corrected chi connectivity index (χ4v) is 0. The van der Waals surface area contributed by atoms with Gasteiger partial charge in [0.2, 0.25) is 0 Å². The van der Waals surface area contributed by atoms with Crippen molar-refractivity contribution in [1.82, 2.24) is 6.15 Å². The quantitative estimate of drug-likeness (QED) is 0.466. The fraction of sp³-hybridized carbons (Fsp3) is 0. The fourth-order valence-electron chi connectivity index (χ4n) is 0. The molecular formula is H6NO3V-3. The predicted molar refractivity (Wildman–Crippen MR) is 10.8 cm³/mol. The van der Waals surface area contributed by atoms with E-state index in [0.29, 0.717) is 0 Å². The number of rotatable bonds is 0. The topological polar surface area (TPSA) is 125 Å².